The van der Waals surface area contributed by atoms with Crippen LogP contribution in [0.3, 0.4) is 0 Å². The van der Waals surface area contributed by atoms with Crippen LogP contribution >= 0.6 is 39.1 Å². The second-order valence-electron chi connectivity index (χ2n) is 4.13. The van der Waals surface area contributed by atoms with Gasteiger partial charge in [0.05, 0.1) is 5.56 Å². The van der Waals surface area contributed by atoms with E-state index >= 15 is 0 Å². The van der Waals surface area contributed by atoms with Gasteiger partial charge in [-0.05, 0) is 41.5 Å². The molecule has 0 spiro atoms. The average Bonchev–Trinajstić information content (AvgIpc) is 2.39. The molecule has 0 heterocycles. The summed E-state index contributed by atoms with van der Waals surface area (Å²) in [6.07, 6.45) is -4.38. The molecule has 0 aliphatic heterocycles. The topological polar surface area (TPSA) is 0 Å². The third-order valence-corrected chi connectivity index (χ3v) is 3.96. The van der Waals surface area contributed by atoms with Crippen molar-refractivity contribution in [1.82, 2.24) is 0 Å². The highest BCUT2D eigenvalue weighted by Crippen LogP contribution is 2.37. The molecule has 0 saturated heterocycles. The van der Waals surface area contributed by atoms with E-state index < -0.39 is 11.7 Å². The Morgan fingerprint density at radius 3 is 2.30 bits per heavy atom. The van der Waals surface area contributed by atoms with E-state index in [0.29, 0.717) is 21.2 Å². The molecule has 0 saturated carbocycles. The summed E-state index contributed by atoms with van der Waals surface area (Å²) in [7, 11) is 0. The molecule has 0 aromatic heterocycles. The normalized spacial score (nSPS) is 11.7. The van der Waals surface area contributed by atoms with Crippen molar-refractivity contribution in [2.45, 2.75) is 11.5 Å². The first-order valence-corrected chi connectivity index (χ1v) is 7.42. The highest BCUT2D eigenvalue weighted by Gasteiger charge is 2.33. The lowest BCUT2D eigenvalue weighted by Crippen LogP contribution is -2.08. The van der Waals surface area contributed by atoms with Crippen molar-refractivity contribution in [1.29, 1.82) is 0 Å². The molecule has 2 aromatic rings. The van der Waals surface area contributed by atoms with Gasteiger partial charge in [0, 0.05) is 20.9 Å². The molecule has 0 atom stereocenters. The van der Waals surface area contributed by atoms with Crippen molar-refractivity contribution in [2.24, 2.45) is 0 Å². The molecular formula is C14H8BrCl2F3. The van der Waals surface area contributed by atoms with Crippen molar-refractivity contribution < 1.29 is 13.2 Å². The number of hydrogen-bond donors (Lipinski definition) is 0. The van der Waals surface area contributed by atoms with Crippen LogP contribution in [0.15, 0.2) is 36.4 Å². The average molecular weight is 384 g/mol. The molecule has 0 fully saturated rings. The van der Waals surface area contributed by atoms with Crippen LogP contribution in [0.1, 0.15) is 11.1 Å². The lowest BCUT2D eigenvalue weighted by molar-refractivity contribution is -0.138. The van der Waals surface area contributed by atoms with Crippen molar-refractivity contribution >= 4 is 39.1 Å². The van der Waals surface area contributed by atoms with Gasteiger partial charge in [0.1, 0.15) is 0 Å². The number of rotatable bonds is 2. The molecule has 106 valence electrons. The van der Waals surface area contributed by atoms with E-state index in [1.54, 1.807) is 18.2 Å². The van der Waals surface area contributed by atoms with Crippen LogP contribution in [0, 0.1) is 0 Å². The number of benzene rings is 2. The van der Waals surface area contributed by atoms with Gasteiger partial charge in [0.25, 0.3) is 0 Å². The van der Waals surface area contributed by atoms with Gasteiger partial charge in [0.15, 0.2) is 0 Å². The fourth-order valence-electron chi connectivity index (χ4n) is 1.87. The zero-order valence-corrected chi connectivity index (χ0v) is 13.0. The van der Waals surface area contributed by atoms with Crippen LogP contribution in [-0.4, -0.2) is 0 Å². The standard InChI is InChI=1S/C14H8BrCl2F3/c15-7-9-5-8(1-3-12(9)14(18,19)20)11-6-10(16)2-4-13(11)17/h1-6H,7H2. The molecule has 0 unspecified atom stereocenters. The van der Waals surface area contributed by atoms with Crippen molar-refractivity contribution in [3.8, 4) is 11.1 Å². The van der Waals surface area contributed by atoms with Gasteiger partial charge >= 0.3 is 6.18 Å². The Bertz CT molecular complexity index is 639. The monoisotopic (exact) mass is 382 g/mol. The van der Waals surface area contributed by atoms with Gasteiger partial charge in [-0.2, -0.15) is 13.2 Å². The van der Waals surface area contributed by atoms with Crippen LogP contribution in [0.2, 0.25) is 10.0 Å². The van der Waals surface area contributed by atoms with E-state index in [9.17, 15) is 13.2 Å². The minimum absolute atomic E-state index is 0.105. The Labute approximate surface area is 132 Å². The van der Waals surface area contributed by atoms with Crippen molar-refractivity contribution in [3.63, 3.8) is 0 Å². The maximum absolute atomic E-state index is 12.8. The van der Waals surface area contributed by atoms with E-state index in [1.165, 1.54) is 12.1 Å². The van der Waals surface area contributed by atoms with Crippen LogP contribution in [0.5, 0.6) is 0 Å². The van der Waals surface area contributed by atoms with Gasteiger partial charge < -0.3 is 0 Å². The number of alkyl halides is 4. The van der Waals surface area contributed by atoms with E-state index in [4.69, 9.17) is 23.2 Å². The molecule has 2 rings (SSSR count). The minimum Gasteiger partial charge on any atom is -0.166 e. The van der Waals surface area contributed by atoms with Crippen LogP contribution in [-0.2, 0) is 11.5 Å². The number of halogens is 6. The summed E-state index contributed by atoms with van der Waals surface area (Å²) in [5.74, 6) is 0. The maximum atomic E-state index is 12.8. The molecular weight excluding hydrogens is 376 g/mol. The summed E-state index contributed by atoms with van der Waals surface area (Å²) >= 11 is 15.0. The van der Waals surface area contributed by atoms with E-state index in [-0.39, 0.29) is 10.9 Å². The van der Waals surface area contributed by atoms with E-state index in [0.717, 1.165) is 6.07 Å². The molecule has 0 aliphatic rings. The molecule has 0 N–H and O–H groups in total. The van der Waals surface area contributed by atoms with Crippen molar-refractivity contribution in [2.75, 3.05) is 0 Å². The lowest BCUT2D eigenvalue weighted by Gasteiger charge is -2.13. The van der Waals surface area contributed by atoms with E-state index in [2.05, 4.69) is 15.9 Å². The summed E-state index contributed by atoms with van der Waals surface area (Å²) in [6, 6.07) is 8.79. The first-order valence-electron chi connectivity index (χ1n) is 5.54. The fraction of sp³-hybridized carbons (Fsp3) is 0.143. The van der Waals surface area contributed by atoms with Gasteiger partial charge in [-0.1, -0.05) is 45.2 Å². The smallest absolute Gasteiger partial charge is 0.166 e. The largest absolute Gasteiger partial charge is 0.416 e. The Hall–Kier alpha value is -0.710. The quantitative estimate of drug-likeness (QED) is 0.514. The zero-order chi connectivity index (χ0) is 14.9. The Kier molecular flexibility index (Phi) is 4.67. The molecule has 6 heteroatoms. The first kappa shape index (κ1) is 15.7. The Morgan fingerprint density at radius 2 is 1.70 bits per heavy atom. The third-order valence-electron chi connectivity index (χ3n) is 2.79. The minimum atomic E-state index is -4.38. The van der Waals surface area contributed by atoms with Gasteiger partial charge in [-0.3, -0.25) is 0 Å². The van der Waals surface area contributed by atoms with Gasteiger partial charge in [0.2, 0.25) is 0 Å². The molecule has 0 radical (unpaired) electrons. The second-order valence-corrected chi connectivity index (χ2v) is 5.53. The summed E-state index contributed by atoms with van der Waals surface area (Å²) in [4.78, 5) is 0. The van der Waals surface area contributed by atoms with Crippen molar-refractivity contribution in [3.05, 3.63) is 57.6 Å². The maximum Gasteiger partial charge on any atom is 0.416 e. The summed E-state index contributed by atoms with van der Waals surface area (Å²) in [6.45, 7) is 0. The molecule has 0 nitrogen and oxygen atoms in total. The third kappa shape index (κ3) is 3.30. The predicted octanol–water partition coefficient (Wildman–Crippen LogP) is 6.57. The fourth-order valence-corrected chi connectivity index (χ4v) is 2.73. The van der Waals surface area contributed by atoms with Crippen LogP contribution in [0.4, 0.5) is 13.2 Å². The van der Waals surface area contributed by atoms with Gasteiger partial charge in [-0.25, -0.2) is 0 Å². The summed E-state index contributed by atoms with van der Waals surface area (Å²) in [5.41, 5.74) is 0.706. The summed E-state index contributed by atoms with van der Waals surface area (Å²) in [5, 5.41) is 1.02. The zero-order valence-electron chi connectivity index (χ0n) is 9.94. The number of hydrogen-bond acceptors (Lipinski definition) is 0. The van der Waals surface area contributed by atoms with Crippen LogP contribution < -0.4 is 0 Å². The molecule has 0 amide bonds. The summed E-state index contributed by atoms with van der Waals surface area (Å²) < 4.78 is 38.5. The lowest BCUT2D eigenvalue weighted by atomic mass is 9.99. The SMILES string of the molecule is FC(F)(F)c1ccc(-c2cc(Cl)ccc2Cl)cc1CBr. The second kappa shape index (κ2) is 5.96. The highest BCUT2D eigenvalue weighted by atomic mass is 79.9. The Morgan fingerprint density at radius 1 is 1.00 bits per heavy atom. The first-order chi connectivity index (χ1) is 9.32. The molecule has 0 bridgehead atoms. The van der Waals surface area contributed by atoms with E-state index in [1.807, 2.05) is 0 Å². The highest BCUT2D eigenvalue weighted by molar-refractivity contribution is 9.08. The Balaban J connectivity index is 2.57. The molecule has 0 aliphatic carbocycles. The van der Waals surface area contributed by atoms with Gasteiger partial charge in [-0.15, -0.1) is 0 Å². The molecule has 2 aromatic carbocycles. The molecule has 20 heavy (non-hydrogen) atoms. The predicted molar refractivity (Wildman–Crippen MR) is 79.5 cm³/mol. The van der Waals surface area contributed by atoms with Crippen LogP contribution in [0.25, 0.3) is 11.1 Å².